The van der Waals surface area contributed by atoms with Crippen molar-refractivity contribution in [3.63, 3.8) is 0 Å². The van der Waals surface area contributed by atoms with E-state index in [1.807, 2.05) is 30.3 Å². The number of hydrogen-bond donors (Lipinski definition) is 2. The van der Waals surface area contributed by atoms with Gasteiger partial charge in [-0.3, -0.25) is 4.79 Å². The van der Waals surface area contributed by atoms with Crippen LogP contribution in [0.2, 0.25) is 5.02 Å². The number of halogens is 1. The van der Waals surface area contributed by atoms with Crippen LogP contribution in [0, 0.1) is 0 Å². The zero-order valence-corrected chi connectivity index (χ0v) is 13.0. The van der Waals surface area contributed by atoms with E-state index in [1.165, 1.54) is 17.4 Å². The molecule has 3 rings (SSSR count). The summed E-state index contributed by atoms with van der Waals surface area (Å²) in [5, 5.41) is 13.1. The summed E-state index contributed by atoms with van der Waals surface area (Å²) in [5.41, 5.74) is 1.41. The molecule has 0 saturated heterocycles. The zero-order valence-electron chi connectivity index (χ0n) is 11.4. The topological polar surface area (TPSA) is 49.3 Å². The number of phenolic OH excluding ortho intramolecular Hbond substituents is 1. The highest BCUT2D eigenvalue weighted by molar-refractivity contribution is 7.17. The van der Waals surface area contributed by atoms with Crippen LogP contribution in [0.4, 0.5) is 5.69 Å². The van der Waals surface area contributed by atoms with Gasteiger partial charge in [0, 0.05) is 9.90 Å². The number of phenols is 1. The van der Waals surface area contributed by atoms with E-state index < -0.39 is 0 Å². The number of rotatable bonds is 3. The Morgan fingerprint density at radius 2 is 1.73 bits per heavy atom. The van der Waals surface area contributed by atoms with Gasteiger partial charge >= 0.3 is 0 Å². The van der Waals surface area contributed by atoms with Crippen molar-refractivity contribution in [1.82, 2.24) is 0 Å². The van der Waals surface area contributed by atoms with E-state index in [2.05, 4.69) is 5.32 Å². The number of nitrogens with one attached hydrogen (secondary N) is 1. The van der Waals surface area contributed by atoms with E-state index in [9.17, 15) is 9.90 Å². The maximum atomic E-state index is 12.2. The summed E-state index contributed by atoms with van der Waals surface area (Å²) in [6.45, 7) is 0. The molecule has 22 heavy (non-hydrogen) atoms. The van der Waals surface area contributed by atoms with E-state index in [1.54, 1.807) is 24.3 Å². The minimum absolute atomic E-state index is 0.0466. The Balaban J connectivity index is 1.80. The Bertz CT molecular complexity index is 812. The Kier molecular flexibility index (Phi) is 4.13. The van der Waals surface area contributed by atoms with Gasteiger partial charge in [-0.2, -0.15) is 0 Å². The first-order chi connectivity index (χ1) is 10.6. The third-order valence-electron chi connectivity index (χ3n) is 3.11. The van der Waals surface area contributed by atoms with Crippen LogP contribution in [0.3, 0.4) is 0 Å². The first-order valence-corrected chi connectivity index (χ1v) is 7.78. The maximum Gasteiger partial charge on any atom is 0.265 e. The number of aromatic hydroxyl groups is 1. The fourth-order valence-electron chi connectivity index (χ4n) is 1.99. The van der Waals surface area contributed by atoms with Gasteiger partial charge in [-0.1, -0.05) is 35.9 Å². The van der Waals surface area contributed by atoms with Crippen molar-refractivity contribution < 1.29 is 9.90 Å². The smallest absolute Gasteiger partial charge is 0.265 e. The molecule has 2 N–H and O–H groups in total. The molecule has 2 aromatic carbocycles. The standard InChI is InChI=1S/C17H12ClNO2S/c18-12-7-5-11(6-8-12)15-9-10-16(22-15)17(21)19-13-3-1-2-4-14(13)20/h1-10,20H,(H,19,21). The molecule has 110 valence electrons. The monoisotopic (exact) mass is 329 g/mol. The van der Waals surface area contributed by atoms with E-state index >= 15 is 0 Å². The van der Waals surface area contributed by atoms with E-state index in [4.69, 9.17) is 11.6 Å². The van der Waals surface area contributed by atoms with Crippen LogP contribution in [0.1, 0.15) is 9.67 Å². The van der Waals surface area contributed by atoms with Crippen molar-refractivity contribution in [2.45, 2.75) is 0 Å². The summed E-state index contributed by atoms with van der Waals surface area (Å²) in [6.07, 6.45) is 0. The minimum atomic E-state index is -0.244. The summed E-state index contributed by atoms with van der Waals surface area (Å²) in [5.74, 6) is -0.197. The zero-order chi connectivity index (χ0) is 15.5. The lowest BCUT2D eigenvalue weighted by Gasteiger charge is -2.05. The molecule has 1 amide bonds. The summed E-state index contributed by atoms with van der Waals surface area (Å²) < 4.78 is 0. The summed E-state index contributed by atoms with van der Waals surface area (Å²) in [7, 11) is 0. The van der Waals surface area contributed by atoms with Crippen LogP contribution < -0.4 is 5.32 Å². The number of thiophene rings is 1. The van der Waals surface area contributed by atoms with Crippen LogP contribution in [0.5, 0.6) is 5.75 Å². The third kappa shape index (κ3) is 3.13. The Morgan fingerprint density at radius 3 is 2.45 bits per heavy atom. The van der Waals surface area contributed by atoms with Gasteiger partial charge in [0.25, 0.3) is 5.91 Å². The van der Waals surface area contributed by atoms with Crippen LogP contribution in [0.25, 0.3) is 10.4 Å². The number of para-hydroxylation sites is 2. The van der Waals surface area contributed by atoms with E-state index in [0.29, 0.717) is 15.6 Å². The second kappa shape index (κ2) is 6.22. The highest BCUT2D eigenvalue weighted by Gasteiger charge is 2.12. The molecule has 0 saturated carbocycles. The molecule has 3 aromatic rings. The molecule has 3 nitrogen and oxygen atoms in total. The van der Waals surface area contributed by atoms with Crippen molar-refractivity contribution in [1.29, 1.82) is 0 Å². The number of carbonyl (C=O) groups excluding carboxylic acids is 1. The number of benzene rings is 2. The summed E-state index contributed by atoms with van der Waals surface area (Å²) >= 11 is 7.26. The van der Waals surface area contributed by atoms with Gasteiger partial charge in [0.1, 0.15) is 5.75 Å². The number of hydrogen-bond acceptors (Lipinski definition) is 3. The van der Waals surface area contributed by atoms with Gasteiger partial charge in [0.2, 0.25) is 0 Å². The van der Waals surface area contributed by atoms with Gasteiger partial charge in [-0.25, -0.2) is 0 Å². The normalized spacial score (nSPS) is 10.4. The second-order valence-electron chi connectivity index (χ2n) is 4.64. The van der Waals surface area contributed by atoms with Gasteiger partial charge in [-0.05, 0) is 42.0 Å². The molecule has 0 atom stereocenters. The van der Waals surface area contributed by atoms with Gasteiger partial charge in [0.15, 0.2) is 0 Å². The Morgan fingerprint density at radius 1 is 1.00 bits per heavy atom. The Hall–Kier alpha value is -2.30. The highest BCUT2D eigenvalue weighted by Crippen LogP contribution is 2.30. The average molecular weight is 330 g/mol. The van der Waals surface area contributed by atoms with Gasteiger partial charge < -0.3 is 10.4 Å². The molecule has 0 radical (unpaired) electrons. The number of amides is 1. The largest absolute Gasteiger partial charge is 0.506 e. The molecule has 1 aromatic heterocycles. The first-order valence-electron chi connectivity index (χ1n) is 6.58. The molecule has 1 heterocycles. The molecule has 0 aliphatic carbocycles. The lowest BCUT2D eigenvalue weighted by molar-refractivity contribution is 0.103. The molecule has 0 unspecified atom stereocenters. The van der Waals surface area contributed by atoms with Gasteiger partial charge in [0.05, 0.1) is 10.6 Å². The number of anilines is 1. The second-order valence-corrected chi connectivity index (χ2v) is 6.16. The van der Waals surface area contributed by atoms with Crippen LogP contribution in [-0.2, 0) is 0 Å². The SMILES string of the molecule is O=C(Nc1ccccc1O)c1ccc(-c2ccc(Cl)cc2)s1. The molecule has 0 spiro atoms. The lowest BCUT2D eigenvalue weighted by Crippen LogP contribution is -2.09. The molecule has 0 bridgehead atoms. The predicted molar refractivity (Wildman–Crippen MR) is 90.8 cm³/mol. The minimum Gasteiger partial charge on any atom is -0.506 e. The molecule has 0 aliphatic heterocycles. The Labute approximate surface area is 136 Å². The molecule has 5 heteroatoms. The fourth-order valence-corrected chi connectivity index (χ4v) is 3.03. The van der Waals surface area contributed by atoms with E-state index in [-0.39, 0.29) is 11.7 Å². The maximum absolute atomic E-state index is 12.2. The average Bonchev–Trinajstić information content (AvgIpc) is 3.00. The fraction of sp³-hybridized carbons (Fsp3) is 0. The quantitative estimate of drug-likeness (QED) is 0.662. The summed E-state index contributed by atoms with van der Waals surface area (Å²) in [4.78, 5) is 13.8. The molecule has 0 fully saturated rings. The van der Waals surface area contributed by atoms with E-state index in [0.717, 1.165) is 10.4 Å². The van der Waals surface area contributed by atoms with Crippen LogP contribution in [-0.4, -0.2) is 11.0 Å². The molecule has 0 aliphatic rings. The van der Waals surface area contributed by atoms with Crippen molar-refractivity contribution >= 4 is 34.5 Å². The van der Waals surface area contributed by atoms with Crippen molar-refractivity contribution in [2.75, 3.05) is 5.32 Å². The van der Waals surface area contributed by atoms with Crippen LogP contribution in [0.15, 0.2) is 60.7 Å². The number of carbonyl (C=O) groups is 1. The first kappa shape index (κ1) is 14.6. The van der Waals surface area contributed by atoms with Crippen molar-refractivity contribution in [2.24, 2.45) is 0 Å². The predicted octanol–water partition coefficient (Wildman–Crippen LogP) is 5.03. The third-order valence-corrected chi connectivity index (χ3v) is 4.50. The van der Waals surface area contributed by atoms with Crippen molar-refractivity contribution in [3.05, 3.63) is 70.6 Å². The van der Waals surface area contributed by atoms with Gasteiger partial charge in [-0.15, -0.1) is 11.3 Å². The molecular formula is C17H12ClNO2S. The molecular weight excluding hydrogens is 318 g/mol. The lowest BCUT2D eigenvalue weighted by atomic mass is 10.2. The summed E-state index contributed by atoms with van der Waals surface area (Å²) in [6, 6.07) is 17.8. The highest BCUT2D eigenvalue weighted by atomic mass is 35.5. The van der Waals surface area contributed by atoms with Crippen LogP contribution >= 0.6 is 22.9 Å². The van der Waals surface area contributed by atoms with Crippen molar-refractivity contribution in [3.8, 4) is 16.2 Å².